The number of carbonyl (C=O) groups is 1. The van der Waals surface area contributed by atoms with Crippen LogP contribution in [0.15, 0.2) is 54.6 Å². The molecule has 0 unspecified atom stereocenters. The predicted molar refractivity (Wildman–Crippen MR) is 89.5 cm³/mol. The Morgan fingerprint density at radius 1 is 1.04 bits per heavy atom. The van der Waals surface area contributed by atoms with Crippen molar-refractivity contribution in [3.63, 3.8) is 0 Å². The third kappa shape index (κ3) is 4.39. The first-order chi connectivity index (χ1) is 11.2. The molecule has 3 rings (SSSR count). The van der Waals surface area contributed by atoms with E-state index in [9.17, 15) is 9.18 Å². The molecular formula is C19H21FN2O. The van der Waals surface area contributed by atoms with Gasteiger partial charge in [0, 0.05) is 18.2 Å². The van der Waals surface area contributed by atoms with E-state index in [1.165, 1.54) is 17.7 Å². The lowest BCUT2D eigenvalue weighted by Crippen LogP contribution is -2.37. The molecule has 0 aliphatic carbocycles. The summed E-state index contributed by atoms with van der Waals surface area (Å²) in [7, 11) is 0. The molecule has 2 aromatic carbocycles. The summed E-state index contributed by atoms with van der Waals surface area (Å²) >= 11 is 0. The van der Waals surface area contributed by atoms with Crippen molar-refractivity contribution in [3.05, 3.63) is 66.0 Å². The maximum absolute atomic E-state index is 12.9. The van der Waals surface area contributed by atoms with Gasteiger partial charge in [0.2, 0.25) is 5.91 Å². The summed E-state index contributed by atoms with van der Waals surface area (Å²) in [6.45, 7) is 2.79. The van der Waals surface area contributed by atoms with Gasteiger partial charge in [0.15, 0.2) is 0 Å². The molecule has 0 saturated carbocycles. The summed E-state index contributed by atoms with van der Waals surface area (Å²) in [5.74, 6) is -0.222. The minimum atomic E-state index is -0.294. The Kier molecular flexibility index (Phi) is 5.03. The van der Waals surface area contributed by atoms with Crippen LogP contribution < -0.4 is 5.32 Å². The average molecular weight is 312 g/mol. The van der Waals surface area contributed by atoms with Crippen LogP contribution in [0, 0.1) is 11.7 Å². The molecule has 1 aliphatic rings. The highest BCUT2D eigenvalue weighted by Gasteiger charge is 2.24. The molecule has 23 heavy (non-hydrogen) atoms. The number of carbonyl (C=O) groups excluding carboxylic acids is 1. The van der Waals surface area contributed by atoms with Gasteiger partial charge in [0.1, 0.15) is 5.82 Å². The van der Waals surface area contributed by atoms with Crippen molar-refractivity contribution in [2.75, 3.05) is 18.4 Å². The molecule has 120 valence electrons. The van der Waals surface area contributed by atoms with Crippen LogP contribution in [0.25, 0.3) is 0 Å². The number of halogens is 1. The van der Waals surface area contributed by atoms with E-state index in [1.54, 1.807) is 12.1 Å². The Bertz CT molecular complexity index is 634. The fraction of sp³-hybridized carbons (Fsp3) is 0.316. The molecule has 1 saturated heterocycles. The Morgan fingerprint density at radius 2 is 1.70 bits per heavy atom. The quantitative estimate of drug-likeness (QED) is 0.934. The number of benzene rings is 2. The third-order valence-electron chi connectivity index (χ3n) is 4.32. The second-order valence-corrected chi connectivity index (χ2v) is 6.03. The van der Waals surface area contributed by atoms with E-state index in [-0.39, 0.29) is 17.6 Å². The van der Waals surface area contributed by atoms with Gasteiger partial charge in [0.05, 0.1) is 0 Å². The topological polar surface area (TPSA) is 32.3 Å². The third-order valence-corrected chi connectivity index (χ3v) is 4.32. The molecule has 0 spiro atoms. The van der Waals surface area contributed by atoms with E-state index in [4.69, 9.17) is 0 Å². The van der Waals surface area contributed by atoms with Gasteiger partial charge in [-0.2, -0.15) is 0 Å². The van der Waals surface area contributed by atoms with Crippen molar-refractivity contribution in [2.45, 2.75) is 19.4 Å². The highest BCUT2D eigenvalue weighted by atomic mass is 19.1. The van der Waals surface area contributed by atoms with Crippen LogP contribution in [0.3, 0.4) is 0 Å². The van der Waals surface area contributed by atoms with Crippen molar-refractivity contribution in [2.24, 2.45) is 5.92 Å². The van der Waals surface area contributed by atoms with E-state index in [0.717, 1.165) is 32.5 Å². The number of nitrogens with one attached hydrogen (secondary N) is 1. The minimum Gasteiger partial charge on any atom is -0.326 e. The average Bonchev–Trinajstić information content (AvgIpc) is 2.58. The van der Waals surface area contributed by atoms with Gasteiger partial charge in [-0.05, 0) is 55.8 Å². The number of amides is 1. The fourth-order valence-corrected chi connectivity index (χ4v) is 2.97. The Hall–Kier alpha value is -2.20. The van der Waals surface area contributed by atoms with Crippen molar-refractivity contribution >= 4 is 11.6 Å². The molecule has 0 aromatic heterocycles. The molecule has 3 nitrogen and oxygen atoms in total. The summed E-state index contributed by atoms with van der Waals surface area (Å²) in [6.07, 6.45) is 1.72. The molecule has 1 fully saturated rings. The van der Waals surface area contributed by atoms with Crippen LogP contribution in [-0.2, 0) is 11.3 Å². The van der Waals surface area contributed by atoms with Crippen molar-refractivity contribution in [1.82, 2.24) is 4.90 Å². The first-order valence-corrected chi connectivity index (χ1v) is 8.03. The molecule has 1 heterocycles. The number of piperidine rings is 1. The smallest absolute Gasteiger partial charge is 0.227 e. The SMILES string of the molecule is O=C(Nc1ccc(F)cc1)C1CCN(Cc2ccccc2)CC1. The number of likely N-dealkylation sites (tertiary alicyclic amines) is 1. The highest BCUT2D eigenvalue weighted by molar-refractivity contribution is 5.92. The van der Waals surface area contributed by atoms with Gasteiger partial charge in [-0.1, -0.05) is 30.3 Å². The van der Waals surface area contributed by atoms with Crippen LogP contribution in [0.2, 0.25) is 0 Å². The van der Waals surface area contributed by atoms with E-state index in [0.29, 0.717) is 5.69 Å². The maximum Gasteiger partial charge on any atom is 0.227 e. The van der Waals surface area contributed by atoms with Gasteiger partial charge in [-0.3, -0.25) is 9.69 Å². The number of rotatable bonds is 4. The molecular weight excluding hydrogens is 291 g/mol. The Labute approximate surface area is 136 Å². The molecule has 1 amide bonds. The second kappa shape index (κ2) is 7.38. The predicted octanol–water partition coefficient (Wildman–Crippen LogP) is 3.68. The number of hydrogen-bond acceptors (Lipinski definition) is 2. The van der Waals surface area contributed by atoms with Crippen LogP contribution in [0.5, 0.6) is 0 Å². The first kappa shape index (κ1) is 15.7. The Morgan fingerprint density at radius 3 is 2.35 bits per heavy atom. The molecule has 4 heteroatoms. The van der Waals surface area contributed by atoms with Crippen LogP contribution in [0.4, 0.5) is 10.1 Å². The molecule has 1 N–H and O–H groups in total. The number of anilines is 1. The summed E-state index contributed by atoms with van der Waals surface area (Å²) in [5, 5.41) is 2.88. The standard InChI is InChI=1S/C19H21FN2O/c20-17-6-8-18(9-7-17)21-19(23)16-10-12-22(13-11-16)14-15-4-2-1-3-5-15/h1-9,16H,10-14H2,(H,21,23). The highest BCUT2D eigenvalue weighted by Crippen LogP contribution is 2.21. The largest absolute Gasteiger partial charge is 0.326 e. The van der Waals surface area contributed by atoms with E-state index in [1.807, 2.05) is 6.07 Å². The van der Waals surface area contributed by atoms with Crippen molar-refractivity contribution in [1.29, 1.82) is 0 Å². The fourth-order valence-electron chi connectivity index (χ4n) is 2.97. The van der Waals surface area contributed by atoms with E-state index < -0.39 is 0 Å². The molecule has 1 aliphatic heterocycles. The van der Waals surface area contributed by atoms with Gasteiger partial charge in [0.25, 0.3) is 0 Å². The van der Waals surface area contributed by atoms with Gasteiger partial charge in [-0.15, -0.1) is 0 Å². The minimum absolute atomic E-state index is 0.0343. The molecule has 0 bridgehead atoms. The monoisotopic (exact) mass is 312 g/mol. The molecule has 0 atom stereocenters. The van der Waals surface area contributed by atoms with Crippen molar-refractivity contribution < 1.29 is 9.18 Å². The zero-order chi connectivity index (χ0) is 16.1. The Balaban J connectivity index is 1.48. The zero-order valence-electron chi connectivity index (χ0n) is 13.0. The number of hydrogen-bond donors (Lipinski definition) is 1. The van der Waals surface area contributed by atoms with Crippen molar-refractivity contribution in [3.8, 4) is 0 Å². The maximum atomic E-state index is 12.9. The van der Waals surface area contributed by atoms with Gasteiger partial charge in [-0.25, -0.2) is 4.39 Å². The lowest BCUT2D eigenvalue weighted by atomic mass is 9.95. The molecule has 0 radical (unpaired) electrons. The first-order valence-electron chi connectivity index (χ1n) is 8.03. The second-order valence-electron chi connectivity index (χ2n) is 6.03. The number of nitrogens with zero attached hydrogens (tertiary/aromatic N) is 1. The van der Waals surface area contributed by atoms with Gasteiger partial charge >= 0.3 is 0 Å². The lowest BCUT2D eigenvalue weighted by Gasteiger charge is -2.31. The van der Waals surface area contributed by atoms with Crippen LogP contribution in [0.1, 0.15) is 18.4 Å². The summed E-state index contributed by atoms with van der Waals surface area (Å²) in [5.41, 5.74) is 1.96. The summed E-state index contributed by atoms with van der Waals surface area (Å²) in [6, 6.07) is 16.3. The van der Waals surface area contributed by atoms with E-state index in [2.05, 4.69) is 34.5 Å². The molecule has 2 aromatic rings. The van der Waals surface area contributed by atoms with Crippen LogP contribution >= 0.6 is 0 Å². The van der Waals surface area contributed by atoms with E-state index >= 15 is 0 Å². The zero-order valence-corrected chi connectivity index (χ0v) is 13.0. The van der Waals surface area contributed by atoms with Crippen LogP contribution in [-0.4, -0.2) is 23.9 Å². The summed E-state index contributed by atoms with van der Waals surface area (Å²) in [4.78, 5) is 14.7. The summed E-state index contributed by atoms with van der Waals surface area (Å²) < 4.78 is 12.9. The lowest BCUT2D eigenvalue weighted by molar-refractivity contribution is -0.121. The normalized spacial score (nSPS) is 16.2. The van der Waals surface area contributed by atoms with Gasteiger partial charge < -0.3 is 5.32 Å².